The Morgan fingerprint density at radius 1 is 0.893 bits per heavy atom. The summed E-state index contributed by atoms with van der Waals surface area (Å²) in [6, 6.07) is 25.7. The van der Waals surface area contributed by atoms with E-state index in [2.05, 4.69) is 34.9 Å². The molecule has 0 radical (unpaired) electrons. The average molecular weight is 375 g/mol. The molecule has 28 heavy (non-hydrogen) atoms. The number of benzene rings is 3. The number of carbonyl (C=O) groups excluding carboxylic acids is 1. The number of carbonyl (C=O) groups is 1. The summed E-state index contributed by atoms with van der Waals surface area (Å²) in [4.78, 5) is 12.8. The van der Waals surface area contributed by atoms with Crippen molar-refractivity contribution >= 4 is 11.6 Å². The van der Waals surface area contributed by atoms with E-state index >= 15 is 0 Å². The zero-order valence-electron chi connectivity index (χ0n) is 15.7. The second-order valence-corrected chi connectivity index (χ2v) is 6.84. The van der Waals surface area contributed by atoms with Gasteiger partial charge in [-0.15, -0.1) is 0 Å². The van der Waals surface area contributed by atoms with Crippen LogP contribution in [0.3, 0.4) is 0 Å². The van der Waals surface area contributed by atoms with Gasteiger partial charge in [-0.25, -0.2) is 0 Å². The van der Waals surface area contributed by atoms with Crippen molar-refractivity contribution in [2.24, 2.45) is 0 Å². The highest BCUT2D eigenvalue weighted by Gasteiger charge is 2.25. The molecule has 0 saturated carbocycles. The molecule has 1 aliphatic rings. The number of nitrogens with two attached hydrogens (primary N) is 1. The third-order valence-electron chi connectivity index (χ3n) is 4.85. The third-order valence-corrected chi connectivity index (χ3v) is 4.85. The van der Waals surface area contributed by atoms with Crippen LogP contribution in [-0.2, 0) is 4.79 Å². The Bertz CT molecular complexity index is 905. The molecule has 0 aliphatic carbocycles. The lowest BCUT2D eigenvalue weighted by atomic mass is 9.98. The van der Waals surface area contributed by atoms with E-state index in [1.165, 1.54) is 0 Å². The van der Waals surface area contributed by atoms with Gasteiger partial charge in [0.15, 0.2) is 17.5 Å². The van der Waals surface area contributed by atoms with Crippen LogP contribution in [0.4, 0.5) is 5.69 Å². The van der Waals surface area contributed by atoms with Gasteiger partial charge in [0.05, 0.1) is 0 Å². The van der Waals surface area contributed by atoms with Crippen LogP contribution >= 0.6 is 0 Å². The van der Waals surface area contributed by atoms with Crippen molar-refractivity contribution in [1.82, 2.24) is 0 Å². The van der Waals surface area contributed by atoms with Gasteiger partial charge in [-0.3, -0.25) is 4.79 Å². The fourth-order valence-corrected chi connectivity index (χ4v) is 3.34. The van der Waals surface area contributed by atoms with Crippen LogP contribution < -0.4 is 20.1 Å². The number of nitrogens with one attached hydrogen (secondary N) is 1. The number of quaternary nitrogens is 1. The fourth-order valence-electron chi connectivity index (χ4n) is 3.34. The lowest BCUT2D eigenvalue weighted by Gasteiger charge is -2.20. The van der Waals surface area contributed by atoms with Crippen molar-refractivity contribution in [3.8, 4) is 11.5 Å². The van der Waals surface area contributed by atoms with Crippen molar-refractivity contribution in [3.05, 3.63) is 90.0 Å². The van der Waals surface area contributed by atoms with E-state index in [4.69, 9.17) is 9.47 Å². The number of rotatable bonds is 6. The monoisotopic (exact) mass is 375 g/mol. The molecule has 1 heterocycles. The van der Waals surface area contributed by atoms with Gasteiger partial charge < -0.3 is 20.1 Å². The quantitative estimate of drug-likeness (QED) is 0.696. The molecule has 0 spiro atoms. The third kappa shape index (κ3) is 4.00. The SMILES string of the molecule is C[C@@H]([NH2+]C(c1ccccc1)c1ccccc1)C(=O)Nc1ccc2c(c1)OCO2. The summed E-state index contributed by atoms with van der Waals surface area (Å²) in [7, 11) is 0. The first-order valence-electron chi connectivity index (χ1n) is 9.36. The van der Waals surface area contributed by atoms with E-state index < -0.39 is 0 Å². The molecule has 5 nitrogen and oxygen atoms in total. The molecule has 3 aromatic rings. The van der Waals surface area contributed by atoms with Gasteiger partial charge in [0.25, 0.3) is 5.91 Å². The van der Waals surface area contributed by atoms with Crippen LogP contribution in [0, 0.1) is 0 Å². The first kappa shape index (κ1) is 18.1. The summed E-state index contributed by atoms with van der Waals surface area (Å²) < 4.78 is 10.7. The standard InChI is InChI=1S/C23H22N2O3/c1-16(23(26)25-19-12-13-20-21(14-19)28-15-27-20)24-22(17-8-4-2-5-9-17)18-10-6-3-7-11-18/h2-14,16,22,24H,15H2,1H3,(H,25,26)/p+1/t16-/m1/s1. The largest absolute Gasteiger partial charge is 0.454 e. The van der Waals surface area contributed by atoms with Crippen LogP contribution in [0.5, 0.6) is 11.5 Å². The molecule has 4 rings (SSSR count). The molecule has 0 unspecified atom stereocenters. The van der Waals surface area contributed by atoms with Gasteiger partial charge in [0, 0.05) is 22.9 Å². The molecular formula is C23H23N2O3+. The smallest absolute Gasteiger partial charge is 0.282 e. The molecule has 1 amide bonds. The first-order valence-corrected chi connectivity index (χ1v) is 9.36. The number of anilines is 1. The van der Waals surface area contributed by atoms with Gasteiger partial charge >= 0.3 is 0 Å². The molecule has 0 aromatic heterocycles. The molecule has 3 N–H and O–H groups in total. The van der Waals surface area contributed by atoms with E-state index in [0.717, 1.165) is 11.1 Å². The topological polar surface area (TPSA) is 64.2 Å². The van der Waals surface area contributed by atoms with Crippen LogP contribution in [0.2, 0.25) is 0 Å². The maximum atomic E-state index is 12.8. The van der Waals surface area contributed by atoms with Crippen LogP contribution in [0.1, 0.15) is 24.1 Å². The number of ether oxygens (including phenoxy) is 2. The van der Waals surface area contributed by atoms with Gasteiger partial charge in [-0.1, -0.05) is 60.7 Å². The van der Waals surface area contributed by atoms with Gasteiger partial charge in [-0.05, 0) is 19.1 Å². The van der Waals surface area contributed by atoms with Crippen LogP contribution in [-0.4, -0.2) is 18.7 Å². The van der Waals surface area contributed by atoms with Crippen LogP contribution in [0.15, 0.2) is 78.9 Å². The number of hydrogen-bond acceptors (Lipinski definition) is 3. The molecule has 0 saturated heterocycles. The van der Waals surface area contributed by atoms with Gasteiger partial charge in [0.1, 0.15) is 6.04 Å². The second kappa shape index (κ2) is 8.15. The Hall–Kier alpha value is -3.31. The second-order valence-electron chi connectivity index (χ2n) is 6.84. The maximum Gasteiger partial charge on any atom is 0.282 e. The van der Waals surface area contributed by atoms with Crippen molar-refractivity contribution in [2.45, 2.75) is 19.0 Å². The average Bonchev–Trinajstić information content (AvgIpc) is 3.21. The Kier molecular flexibility index (Phi) is 5.26. The Morgan fingerprint density at radius 3 is 2.14 bits per heavy atom. The summed E-state index contributed by atoms with van der Waals surface area (Å²) in [6.07, 6.45) is 0. The molecule has 0 fully saturated rings. The van der Waals surface area contributed by atoms with Gasteiger partial charge in [0.2, 0.25) is 6.79 Å². The van der Waals surface area contributed by atoms with Crippen LogP contribution in [0.25, 0.3) is 0 Å². The van der Waals surface area contributed by atoms with Crippen molar-refractivity contribution in [1.29, 1.82) is 0 Å². The lowest BCUT2D eigenvalue weighted by Crippen LogP contribution is -2.92. The van der Waals surface area contributed by atoms with Gasteiger partial charge in [-0.2, -0.15) is 0 Å². The summed E-state index contributed by atoms with van der Waals surface area (Å²) in [5.41, 5.74) is 3.03. The molecule has 3 aromatic carbocycles. The Balaban J connectivity index is 1.49. The van der Waals surface area contributed by atoms with Crippen molar-refractivity contribution < 1.29 is 19.6 Å². The van der Waals surface area contributed by atoms with E-state index in [-0.39, 0.29) is 24.8 Å². The minimum atomic E-state index is -0.282. The number of hydrogen-bond donors (Lipinski definition) is 2. The predicted octanol–water partition coefficient (Wildman–Crippen LogP) is 3.10. The molecule has 1 aliphatic heterocycles. The summed E-state index contributed by atoms with van der Waals surface area (Å²) in [6.45, 7) is 2.13. The van der Waals surface area contributed by atoms with E-state index in [1.54, 1.807) is 6.07 Å². The zero-order valence-corrected chi connectivity index (χ0v) is 15.7. The van der Waals surface area contributed by atoms with E-state index in [9.17, 15) is 4.79 Å². The predicted molar refractivity (Wildman–Crippen MR) is 107 cm³/mol. The number of fused-ring (bicyclic) bond motifs is 1. The molecular weight excluding hydrogens is 352 g/mol. The summed E-state index contributed by atoms with van der Waals surface area (Å²) in [5.74, 6) is 1.29. The molecule has 142 valence electrons. The summed E-state index contributed by atoms with van der Waals surface area (Å²) >= 11 is 0. The zero-order chi connectivity index (χ0) is 19.3. The van der Waals surface area contributed by atoms with E-state index in [1.807, 2.05) is 55.5 Å². The normalized spacial score (nSPS) is 13.4. The minimum Gasteiger partial charge on any atom is -0.454 e. The molecule has 5 heteroatoms. The van der Waals surface area contributed by atoms with E-state index in [0.29, 0.717) is 17.2 Å². The highest BCUT2D eigenvalue weighted by atomic mass is 16.7. The van der Waals surface area contributed by atoms with Crippen molar-refractivity contribution in [3.63, 3.8) is 0 Å². The Labute approximate surface area is 164 Å². The maximum absolute atomic E-state index is 12.8. The highest BCUT2D eigenvalue weighted by Crippen LogP contribution is 2.34. The summed E-state index contributed by atoms with van der Waals surface area (Å²) in [5, 5.41) is 5.06. The lowest BCUT2D eigenvalue weighted by molar-refractivity contribution is -0.704. The highest BCUT2D eigenvalue weighted by molar-refractivity contribution is 5.93. The van der Waals surface area contributed by atoms with Crippen molar-refractivity contribution in [2.75, 3.05) is 12.1 Å². The molecule has 0 bridgehead atoms. The minimum absolute atomic E-state index is 0.0416. The fraction of sp³-hybridized carbons (Fsp3) is 0.174. The molecule has 1 atom stereocenters. The number of amides is 1. The first-order chi connectivity index (χ1) is 13.7. The Morgan fingerprint density at radius 2 is 1.50 bits per heavy atom.